The summed E-state index contributed by atoms with van der Waals surface area (Å²) in [7, 11) is 0. The summed E-state index contributed by atoms with van der Waals surface area (Å²) in [5.41, 5.74) is 1.61. The summed E-state index contributed by atoms with van der Waals surface area (Å²) in [5.74, 6) is 0.773. The smallest absolute Gasteiger partial charge is 0.184 e. The van der Waals surface area contributed by atoms with Gasteiger partial charge in [-0.15, -0.1) is 5.10 Å². The van der Waals surface area contributed by atoms with Gasteiger partial charge >= 0.3 is 0 Å². The minimum Gasteiger partial charge on any atom is -0.368 e. The Morgan fingerprint density at radius 1 is 1.47 bits per heavy atom. The van der Waals surface area contributed by atoms with Crippen molar-refractivity contribution in [2.45, 2.75) is 25.8 Å². The average Bonchev–Trinajstić information content (AvgIpc) is 3.00. The van der Waals surface area contributed by atoms with E-state index in [0.29, 0.717) is 6.04 Å². The number of fused-ring (bicyclic) bond motifs is 1. The molecule has 0 aliphatic heterocycles. The molecule has 2 heterocycles. The van der Waals surface area contributed by atoms with E-state index >= 15 is 0 Å². The van der Waals surface area contributed by atoms with Gasteiger partial charge in [0.05, 0.1) is 6.04 Å². The molecule has 6 nitrogen and oxygen atoms in total. The third kappa shape index (κ3) is 1.33. The van der Waals surface area contributed by atoms with Gasteiger partial charge in [-0.2, -0.15) is 0 Å². The Bertz CT molecular complexity index is 486. The molecule has 6 heteroatoms. The molecular formula is C9H12N6. The van der Waals surface area contributed by atoms with Gasteiger partial charge in [0.2, 0.25) is 0 Å². The number of nitrogens with one attached hydrogen (secondary N) is 1. The molecule has 0 unspecified atom stereocenters. The molecule has 1 N–H and O–H groups in total. The van der Waals surface area contributed by atoms with Crippen LogP contribution in [0.2, 0.25) is 0 Å². The molecule has 78 valence electrons. The molecule has 3 rings (SSSR count). The summed E-state index contributed by atoms with van der Waals surface area (Å²) in [6.07, 6.45) is 3.92. The highest BCUT2D eigenvalue weighted by molar-refractivity contribution is 5.81. The van der Waals surface area contributed by atoms with E-state index in [2.05, 4.69) is 25.6 Å². The first-order valence-corrected chi connectivity index (χ1v) is 5.20. The zero-order valence-electron chi connectivity index (χ0n) is 8.51. The predicted octanol–water partition coefficient (Wildman–Crippen LogP) is 0.988. The lowest BCUT2D eigenvalue weighted by Crippen LogP contribution is -2.01. The minimum atomic E-state index is 0.499. The quantitative estimate of drug-likeness (QED) is 0.807. The largest absolute Gasteiger partial charge is 0.368 e. The Morgan fingerprint density at radius 2 is 2.33 bits per heavy atom. The van der Waals surface area contributed by atoms with Gasteiger partial charge in [0, 0.05) is 6.54 Å². The Morgan fingerprint density at radius 3 is 3.07 bits per heavy atom. The van der Waals surface area contributed by atoms with Gasteiger partial charge in [0.1, 0.15) is 6.33 Å². The van der Waals surface area contributed by atoms with E-state index in [1.807, 2.05) is 11.6 Å². The van der Waals surface area contributed by atoms with Crippen LogP contribution in [0.3, 0.4) is 0 Å². The maximum Gasteiger partial charge on any atom is 0.184 e. The van der Waals surface area contributed by atoms with Gasteiger partial charge in [-0.25, -0.2) is 14.6 Å². The zero-order valence-corrected chi connectivity index (χ0v) is 8.51. The first kappa shape index (κ1) is 8.58. The lowest BCUT2D eigenvalue weighted by atomic mass is 10.4. The number of nitrogens with zero attached hydrogens (tertiary/aromatic N) is 5. The second-order valence-corrected chi connectivity index (χ2v) is 3.69. The van der Waals surface area contributed by atoms with Crippen LogP contribution in [0.15, 0.2) is 6.33 Å². The van der Waals surface area contributed by atoms with Crippen molar-refractivity contribution in [2.75, 3.05) is 11.9 Å². The topological polar surface area (TPSA) is 68.5 Å². The Balaban J connectivity index is 2.14. The van der Waals surface area contributed by atoms with Crippen LogP contribution in [0.1, 0.15) is 25.8 Å². The molecule has 0 radical (unpaired) electrons. The molecule has 2 aromatic heterocycles. The maximum absolute atomic E-state index is 4.23. The Labute approximate surface area is 86.7 Å². The van der Waals surface area contributed by atoms with Gasteiger partial charge in [-0.1, -0.05) is 5.21 Å². The normalized spacial score (nSPS) is 15.8. The molecule has 1 saturated carbocycles. The van der Waals surface area contributed by atoms with Crippen molar-refractivity contribution < 1.29 is 0 Å². The van der Waals surface area contributed by atoms with Crippen molar-refractivity contribution in [1.82, 2.24) is 25.0 Å². The zero-order chi connectivity index (χ0) is 10.3. The third-order valence-electron chi connectivity index (χ3n) is 2.50. The van der Waals surface area contributed by atoms with E-state index in [-0.39, 0.29) is 0 Å². The highest BCUT2D eigenvalue weighted by Gasteiger charge is 2.27. The van der Waals surface area contributed by atoms with Crippen molar-refractivity contribution in [3.63, 3.8) is 0 Å². The SMILES string of the molecule is CCNc1ncnc2c1nnn2C1CC1. The summed E-state index contributed by atoms with van der Waals surface area (Å²) in [6, 6.07) is 0.499. The predicted molar refractivity (Wildman–Crippen MR) is 55.6 cm³/mol. The fourth-order valence-corrected chi connectivity index (χ4v) is 1.63. The summed E-state index contributed by atoms with van der Waals surface area (Å²) >= 11 is 0. The van der Waals surface area contributed by atoms with Crippen LogP contribution >= 0.6 is 0 Å². The van der Waals surface area contributed by atoms with E-state index in [4.69, 9.17) is 0 Å². The monoisotopic (exact) mass is 204 g/mol. The highest BCUT2D eigenvalue weighted by Crippen LogP contribution is 2.36. The van der Waals surface area contributed by atoms with E-state index in [0.717, 1.165) is 23.5 Å². The summed E-state index contributed by atoms with van der Waals surface area (Å²) in [4.78, 5) is 8.38. The number of aromatic nitrogens is 5. The fourth-order valence-electron chi connectivity index (χ4n) is 1.63. The van der Waals surface area contributed by atoms with E-state index < -0.39 is 0 Å². The van der Waals surface area contributed by atoms with Crippen molar-refractivity contribution in [2.24, 2.45) is 0 Å². The van der Waals surface area contributed by atoms with Crippen LogP contribution in [-0.4, -0.2) is 31.5 Å². The van der Waals surface area contributed by atoms with Crippen LogP contribution in [0.25, 0.3) is 11.2 Å². The van der Waals surface area contributed by atoms with Gasteiger partial charge in [0.25, 0.3) is 0 Å². The Hall–Kier alpha value is -1.72. The van der Waals surface area contributed by atoms with Gasteiger partial charge in [0.15, 0.2) is 17.0 Å². The summed E-state index contributed by atoms with van der Waals surface area (Å²) < 4.78 is 1.90. The number of rotatable bonds is 3. The molecule has 0 aromatic carbocycles. The average molecular weight is 204 g/mol. The van der Waals surface area contributed by atoms with E-state index in [1.165, 1.54) is 12.8 Å². The molecule has 15 heavy (non-hydrogen) atoms. The van der Waals surface area contributed by atoms with Crippen molar-refractivity contribution in [3.05, 3.63) is 6.33 Å². The molecule has 1 fully saturated rings. The molecule has 2 aromatic rings. The minimum absolute atomic E-state index is 0.499. The fraction of sp³-hybridized carbons (Fsp3) is 0.556. The molecule has 0 bridgehead atoms. The lowest BCUT2D eigenvalue weighted by molar-refractivity contribution is 0.624. The third-order valence-corrected chi connectivity index (χ3v) is 2.50. The Kier molecular flexibility index (Phi) is 1.80. The molecule has 0 atom stereocenters. The van der Waals surface area contributed by atoms with Crippen molar-refractivity contribution >= 4 is 17.0 Å². The second-order valence-electron chi connectivity index (χ2n) is 3.69. The highest BCUT2D eigenvalue weighted by atomic mass is 15.5. The van der Waals surface area contributed by atoms with E-state index in [9.17, 15) is 0 Å². The molecule has 0 saturated heterocycles. The number of anilines is 1. The van der Waals surface area contributed by atoms with Crippen molar-refractivity contribution in [1.29, 1.82) is 0 Å². The van der Waals surface area contributed by atoms with Crippen LogP contribution < -0.4 is 5.32 Å². The standard InChI is InChI=1S/C9H12N6/c1-2-10-8-7-9(12-5-11-8)15(14-13-7)6-3-4-6/h5-6H,2-4H2,1H3,(H,10,11,12). The first-order valence-electron chi connectivity index (χ1n) is 5.20. The molecule has 0 spiro atoms. The van der Waals surface area contributed by atoms with Crippen LogP contribution in [0.4, 0.5) is 5.82 Å². The number of hydrogen-bond acceptors (Lipinski definition) is 5. The second kappa shape index (κ2) is 3.15. The lowest BCUT2D eigenvalue weighted by Gasteiger charge is -2.01. The van der Waals surface area contributed by atoms with Gasteiger partial charge in [-0.3, -0.25) is 0 Å². The molecule has 1 aliphatic carbocycles. The van der Waals surface area contributed by atoms with E-state index in [1.54, 1.807) is 6.33 Å². The molecular weight excluding hydrogens is 192 g/mol. The van der Waals surface area contributed by atoms with Gasteiger partial charge < -0.3 is 5.32 Å². The number of hydrogen-bond donors (Lipinski definition) is 1. The maximum atomic E-state index is 4.23. The van der Waals surface area contributed by atoms with Crippen molar-refractivity contribution in [3.8, 4) is 0 Å². The first-order chi connectivity index (χ1) is 7.40. The molecule has 1 aliphatic rings. The van der Waals surface area contributed by atoms with Crippen LogP contribution in [0.5, 0.6) is 0 Å². The van der Waals surface area contributed by atoms with Crippen LogP contribution in [0, 0.1) is 0 Å². The van der Waals surface area contributed by atoms with Gasteiger partial charge in [-0.05, 0) is 19.8 Å². The molecule has 0 amide bonds. The summed E-state index contributed by atoms with van der Waals surface area (Å²) in [5, 5.41) is 11.4. The summed E-state index contributed by atoms with van der Waals surface area (Å²) in [6.45, 7) is 2.85. The van der Waals surface area contributed by atoms with Crippen LogP contribution in [-0.2, 0) is 0 Å².